The monoisotopic (exact) mass is 243 g/mol. The number of hydrogen-bond acceptors (Lipinski definition) is 2. The highest BCUT2D eigenvalue weighted by Gasteiger charge is 2.22. The Bertz CT molecular complexity index is 265. The van der Waals surface area contributed by atoms with Gasteiger partial charge in [0.2, 0.25) is 5.91 Å². The highest BCUT2D eigenvalue weighted by atomic mass is 16.4. The van der Waals surface area contributed by atoms with Gasteiger partial charge in [-0.2, -0.15) is 0 Å². The first-order valence-corrected chi connectivity index (χ1v) is 6.31. The average molecular weight is 243 g/mol. The summed E-state index contributed by atoms with van der Waals surface area (Å²) in [7, 11) is 0. The number of nitrogens with one attached hydrogen (secondary N) is 1. The van der Waals surface area contributed by atoms with Crippen LogP contribution < -0.4 is 5.32 Å². The predicted molar refractivity (Wildman–Crippen MR) is 67.6 cm³/mol. The zero-order chi connectivity index (χ0) is 13.6. The molecule has 0 rings (SSSR count). The second kappa shape index (κ2) is 7.30. The van der Waals surface area contributed by atoms with E-state index < -0.39 is 11.9 Å². The van der Waals surface area contributed by atoms with Gasteiger partial charge in [-0.15, -0.1) is 0 Å². The molecule has 4 nitrogen and oxygen atoms in total. The summed E-state index contributed by atoms with van der Waals surface area (Å²) in [6.45, 7) is 9.60. The van der Waals surface area contributed by atoms with E-state index in [9.17, 15) is 9.59 Å². The van der Waals surface area contributed by atoms with E-state index in [0.29, 0.717) is 5.92 Å². The highest BCUT2D eigenvalue weighted by Crippen LogP contribution is 2.15. The van der Waals surface area contributed by atoms with Crippen LogP contribution in [0.4, 0.5) is 0 Å². The Balaban J connectivity index is 4.14. The van der Waals surface area contributed by atoms with Gasteiger partial charge in [0.25, 0.3) is 0 Å². The summed E-state index contributed by atoms with van der Waals surface area (Å²) in [4.78, 5) is 22.5. The number of carboxylic acid groups (broad SMARTS) is 1. The lowest BCUT2D eigenvalue weighted by molar-refractivity contribution is -0.143. The molecule has 1 amide bonds. The van der Waals surface area contributed by atoms with Crippen LogP contribution in [0.2, 0.25) is 0 Å². The van der Waals surface area contributed by atoms with Crippen LogP contribution in [0.15, 0.2) is 0 Å². The molecule has 0 aromatic rings. The van der Waals surface area contributed by atoms with Gasteiger partial charge in [-0.3, -0.25) is 9.59 Å². The van der Waals surface area contributed by atoms with Gasteiger partial charge in [0.05, 0.1) is 5.92 Å². The molecule has 0 aliphatic heterocycles. The smallest absolute Gasteiger partial charge is 0.306 e. The minimum atomic E-state index is -0.847. The Morgan fingerprint density at radius 3 is 2.06 bits per heavy atom. The van der Waals surface area contributed by atoms with Crippen LogP contribution in [-0.4, -0.2) is 23.0 Å². The molecular weight excluding hydrogens is 218 g/mol. The summed E-state index contributed by atoms with van der Waals surface area (Å²) >= 11 is 0. The molecule has 17 heavy (non-hydrogen) atoms. The zero-order valence-electron chi connectivity index (χ0n) is 11.5. The summed E-state index contributed by atoms with van der Waals surface area (Å²) < 4.78 is 0. The van der Waals surface area contributed by atoms with Gasteiger partial charge in [-0.05, 0) is 18.8 Å². The van der Waals surface area contributed by atoms with Gasteiger partial charge in [0, 0.05) is 12.5 Å². The van der Waals surface area contributed by atoms with Crippen LogP contribution in [0.1, 0.15) is 47.5 Å². The highest BCUT2D eigenvalue weighted by molar-refractivity contribution is 5.78. The van der Waals surface area contributed by atoms with Crippen LogP contribution in [0.3, 0.4) is 0 Å². The van der Waals surface area contributed by atoms with E-state index in [1.54, 1.807) is 13.8 Å². The minimum Gasteiger partial charge on any atom is -0.481 e. The Kier molecular flexibility index (Phi) is 6.85. The molecule has 4 heteroatoms. The number of hydrogen-bond donors (Lipinski definition) is 2. The largest absolute Gasteiger partial charge is 0.481 e. The lowest BCUT2D eigenvalue weighted by Gasteiger charge is -2.22. The van der Waals surface area contributed by atoms with E-state index >= 15 is 0 Å². The number of carbonyl (C=O) groups excluding carboxylic acids is 1. The number of amides is 1. The fourth-order valence-electron chi connectivity index (χ4n) is 1.52. The summed E-state index contributed by atoms with van der Waals surface area (Å²) in [5.41, 5.74) is 0. The van der Waals surface area contributed by atoms with E-state index in [2.05, 4.69) is 19.2 Å². The number of rotatable bonds is 7. The van der Waals surface area contributed by atoms with Gasteiger partial charge in [-0.1, -0.05) is 34.1 Å². The van der Waals surface area contributed by atoms with Gasteiger partial charge >= 0.3 is 5.97 Å². The van der Waals surface area contributed by atoms with Crippen molar-refractivity contribution in [2.24, 2.45) is 17.8 Å². The molecule has 0 saturated carbocycles. The van der Waals surface area contributed by atoms with E-state index in [1.165, 1.54) is 0 Å². The number of carbonyl (C=O) groups is 2. The molecule has 0 bridgehead atoms. The molecular formula is C13H25NO3. The van der Waals surface area contributed by atoms with Crippen molar-refractivity contribution < 1.29 is 14.7 Å². The maximum absolute atomic E-state index is 11.7. The van der Waals surface area contributed by atoms with Gasteiger partial charge < -0.3 is 10.4 Å². The normalized spacial score (nSPS) is 17.9. The molecule has 0 spiro atoms. The molecule has 0 aliphatic carbocycles. The fraction of sp³-hybridized carbons (Fsp3) is 0.846. The first kappa shape index (κ1) is 15.9. The predicted octanol–water partition coefficient (Wildman–Crippen LogP) is 2.28. The molecule has 4 unspecified atom stereocenters. The molecule has 100 valence electrons. The summed E-state index contributed by atoms with van der Waals surface area (Å²) in [6.07, 6.45) is 1.29. The van der Waals surface area contributed by atoms with Crippen molar-refractivity contribution in [1.82, 2.24) is 5.32 Å². The SMILES string of the molecule is CCC(C)C(C)NC(=O)CC(C)C(C)C(=O)O. The molecule has 0 aromatic carbocycles. The molecule has 4 atom stereocenters. The van der Waals surface area contributed by atoms with Crippen LogP contribution in [0.5, 0.6) is 0 Å². The molecule has 0 aromatic heterocycles. The Hall–Kier alpha value is -1.06. The van der Waals surface area contributed by atoms with E-state index in [-0.39, 0.29) is 24.3 Å². The molecule has 0 radical (unpaired) electrons. The van der Waals surface area contributed by atoms with Crippen LogP contribution >= 0.6 is 0 Å². The molecule has 0 aliphatic rings. The topological polar surface area (TPSA) is 66.4 Å². The molecule has 0 heterocycles. The zero-order valence-corrected chi connectivity index (χ0v) is 11.5. The maximum Gasteiger partial charge on any atom is 0.306 e. The van der Waals surface area contributed by atoms with Gasteiger partial charge in [0.15, 0.2) is 0 Å². The Morgan fingerprint density at radius 2 is 1.65 bits per heavy atom. The second-order valence-electron chi connectivity index (χ2n) is 5.05. The summed E-state index contributed by atoms with van der Waals surface area (Å²) in [5, 5.41) is 11.8. The van der Waals surface area contributed by atoms with Crippen LogP contribution in [-0.2, 0) is 9.59 Å². The first-order valence-electron chi connectivity index (χ1n) is 6.31. The molecule has 0 saturated heterocycles. The van der Waals surface area contributed by atoms with Crippen molar-refractivity contribution >= 4 is 11.9 Å². The van der Waals surface area contributed by atoms with Crippen molar-refractivity contribution in [2.45, 2.75) is 53.5 Å². The van der Waals surface area contributed by atoms with E-state index in [1.807, 2.05) is 6.92 Å². The molecule has 2 N–H and O–H groups in total. The van der Waals surface area contributed by atoms with Crippen LogP contribution in [0, 0.1) is 17.8 Å². The van der Waals surface area contributed by atoms with Crippen molar-refractivity contribution in [3.05, 3.63) is 0 Å². The Morgan fingerprint density at radius 1 is 1.12 bits per heavy atom. The van der Waals surface area contributed by atoms with Crippen molar-refractivity contribution in [2.75, 3.05) is 0 Å². The maximum atomic E-state index is 11.7. The number of carboxylic acids is 1. The summed E-state index contributed by atoms with van der Waals surface area (Å²) in [5.74, 6) is -1.10. The molecule has 0 fully saturated rings. The third-order valence-electron chi connectivity index (χ3n) is 3.64. The lowest BCUT2D eigenvalue weighted by Crippen LogP contribution is -2.38. The van der Waals surface area contributed by atoms with Crippen molar-refractivity contribution in [1.29, 1.82) is 0 Å². The van der Waals surface area contributed by atoms with Crippen molar-refractivity contribution in [3.63, 3.8) is 0 Å². The number of aliphatic carboxylic acids is 1. The second-order valence-corrected chi connectivity index (χ2v) is 5.05. The van der Waals surface area contributed by atoms with Crippen LogP contribution in [0.25, 0.3) is 0 Å². The standard InChI is InChI=1S/C13H25NO3/c1-6-8(2)11(5)14-12(15)7-9(3)10(4)13(16)17/h8-11H,6-7H2,1-5H3,(H,14,15)(H,16,17). The average Bonchev–Trinajstić information content (AvgIpc) is 2.26. The van der Waals surface area contributed by atoms with E-state index in [0.717, 1.165) is 6.42 Å². The third kappa shape index (κ3) is 5.71. The van der Waals surface area contributed by atoms with Gasteiger partial charge in [0.1, 0.15) is 0 Å². The quantitative estimate of drug-likeness (QED) is 0.721. The van der Waals surface area contributed by atoms with Gasteiger partial charge in [-0.25, -0.2) is 0 Å². The third-order valence-corrected chi connectivity index (χ3v) is 3.64. The Labute approximate surface area is 104 Å². The lowest BCUT2D eigenvalue weighted by atomic mass is 9.92. The minimum absolute atomic E-state index is 0.0570. The van der Waals surface area contributed by atoms with E-state index in [4.69, 9.17) is 5.11 Å². The van der Waals surface area contributed by atoms with Crippen molar-refractivity contribution in [3.8, 4) is 0 Å². The fourth-order valence-corrected chi connectivity index (χ4v) is 1.52. The summed E-state index contributed by atoms with van der Waals surface area (Å²) in [6, 6.07) is 0.139. The first-order chi connectivity index (χ1) is 7.79.